The molecule has 0 saturated heterocycles. The summed E-state index contributed by atoms with van der Waals surface area (Å²) < 4.78 is 0. The van der Waals surface area contributed by atoms with Gasteiger partial charge in [-0.15, -0.1) is 0 Å². The van der Waals surface area contributed by atoms with Crippen molar-refractivity contribution in [3.63, 3.8) is 0 Å². The van der Waals surface area contributed by atoms with Gasteiger partial charge in [-0.1, -0.05) is 0 Å². The number of hydrogen-bond donors (Lipinski definition) is 2. The topological polar surface area (TPSA) is 46.2 Å². The van der Waals surface area contributed by atoms with Gasteiger partial charge < -0.3 is 10.8 Å². The third-order valence-electron chi connectivity index (χ3n) is 0.607. The standard InChI is InChI=1S/C4H10NO/c1-3(5)4(2)6/h3-4,6H,2,5H2,1H3. The largest absolute Gasteiger partial charge is 0.392 e. The summed E-state index contributed by atoms with van der Waals surface area (Å²) in [5.41, 5.74) is 5.12. The molecular weight excluding hydrogens is 78.0 g/mol. The Bertz CT molecular complexity index is 28.5. The van der Waals surface area contributed by atoms with Crippen LogP contribution in [0.2, 0.25) is 0 Å². The highest BCUT2D eigenvalue weighted by Crippen LogP contribution is 1.81. The van der Waals surface area contributed by atoms with Gasteiger partial charge in [-0.05, 0) is 13.8 Å². The van der Waals surface area contributed by atoms with Crippen molar-refractivity contribution in [3.05, 3.63) is 6.92 Å². The Morgan fingerprint density at radius 3 is 2.00 bits per heavy atom. The molecule has 0 saturated carbocycles. The fourth-order valence-electron chi connectivity index (χ4n) is 0. The average molecular weight is 88.1 g/mol. The van der Waals surface area contributed by atoms with E-state index >= 15 is 0 Å². The van der Waals surface area contributed by atoms with Crippen molar-refractivity contribution < 1.29 is 5.11 Å². The minimum atomic E-state index is -0.620. The Labute approximate surface area is 38.0 Å². The molecule has 3 N–H and O–H groups in total. The molecule has 0 aliphatic rings. The van der Waals surface area contributed by atoms with Gasteiger partial charge in [-0.2, -0.15) is 0 Å². The van der Waals surface area contributed by atoms with E-state index in [4.69, 9.17) is 10.8 Å². The van der Waals surface area contributed by atoms with E-state index in [9.17, 15) is 0 Å². The van der Waals surface area contributed by atoms with Gasteiger partial charge in [0.25, 0.3) is 0 Å². The smallest absolute Gasteiger partial charge is 0.0689 e. The van der Waals surface area contributed by atoms with Crippen molar-refractivity contribution in [1.29, 1.82) is 0 Å². The molecule has 0 bridgehead atoms. The summed E-state index contributed by atoms with van der Waals surface area (Å²) in [6.45, 7) is 4.97. The van der Waals surface area contributed by atoms with Gasteiger partial charge in [0.1, 0.15) is 0 Å². The van der Waals surface area contributed by atoms with Gasteiger partial charge in [-0.25, -0.2) is 0 Å². The zero-order chi connectivity index (χ0) is 5.15. The third-order valence-corrected chi connectivity index (χ3v) is 0.607. The van der Waals surface area contributed by atoms with Crippen molar-refractivity contribution in [1.82, 2.24) is 0 Å². The van der Waals surface area contributed by atoms with Crippen LogP contribution in [0.5, 0.6) is 0 Å². The number of nitrogens with two attached hydrogens (primary N) is 1. The van der Waals surface area contributed by atoms with E-state index in [1.54, 1.807) is 6.92 Å². The fraction of sp³-hybridized carbons (Fsp3) is 0.750. The van der Waals surface area contributed by atoms with Gasteiger partial charge in [-0.3, -0.25) is 0 Å². The van der Waals surface area contributed by atoms with E-state index in [-0.39, 0.29) is 6.04 Å². The van der Waals surface area contributed by atoms with Crippen LogP contribution < -0.4 is 5.73 Å². The zero-order valence-corrected chi connectivity index (χ0v) is 3.89. The maximum Gasteiger partial charge on any atom is 0.0689 e. The molecule has 2 atom stereocenters. The lowest BCUT2D eigenvalue weighted by Crippen LogP contribution is -2.28. The molecule has 2 heteroatoms. The first-order valence-electron chi connectivity index (χ1n) is 1.91. The maximum absolute atomic E-state index is 8.39. The number of rotatable bonds is 1. The molecular formula is C4H10NO. The first-order valence-corrected chi connectivity index (χ1v) is 1.91. The summed E-state index contributed by atoms with van der Waals surface area (Å²) in [6, 6.07) is -0.204. The van der Waals surface area contributed by atoms with E-state index in [0.717, 1.165) is 0 Å². The van der Waals surface area contributed by atoms with Gasteiger partial charge in [0, 0.05) is 6.04 Å². The predicted octanol–water partition coefficient (Wildman–Crippen LogP) is -0.471. The van der Waals surface area contributed by atoms with Crippen LogP contribution in [-0.2, 0) is 0 Å². The van der Waals surface area contributed by atoms with Crippen LogP contribution in [0.3, 0.4) is 0 Å². The van der Waals surface area contributed by atoms with Crippen LogP contribution >= 0.6 is 0 Å². The molecule has 37 valence electrons. The van der Waals surface area contributed by atoms with Crippen LogP contribution in [0.15, 0.2) is 0 Å². The van der Waals surface area contributed by atoms with E-state index < -0.39 is 6.10 Å². The van der Waals surface area contributed by atoms with Crippen molar-refractivity contribution in [2.45, 2.75) is 19.1 Å². The van der Waals surface area contributed by atoms with Crippen LogP contribution in [0.4, 0.5) is 0 Å². The highest BCUT2D eigenvalue weighted by atomic mass is 16.3. The lowest BCUT2D eigenvalue weighted by Gasteiger charge is -2.04. The average Bonchev–Trinajstić information content (AvgIpc) is 1.36. The summed E-state index contributed by atoms with van der Waals surface area (Å²) in [5.74, 6) is 0. The van der Waals surface area contributed by atoms with E-state index in [1.807, 2.05) is 0 Å². The molecule has 0 aliphatic heterocycles. The minimum Gasteiger partial charge on any atom is -0.392 e. The molecule has 1 radical (unpaired) electrons. The second kappa shape index (κ2) is 2.16. The van der Waals surface area contributed by atoms with Crippen molar-refractivity contribution >= 4 is 0 Å². The van der Waals surface area contributed by atoms with E-state index in [1.165, 1.54) is 0 Å². The Kier molecular flexibility index (Phi) is 2.13. The third kappa shape index (κ3) is 2.18. The van der Waals surface area contributed by atoms with Crippen LogP contribution in [0, 0.1) is 6.92 Å². The molecule has 0 fully saturated rings. The highest BCUT2D eigenvalue weighted by molar-refractivity contribution is 4.66. The van der Waals surface area contributed by atoms with Crippen molar-refractivity contribution in [2.24, 2.45) is 5.73 Å². The normalized spacial score (nSPS) is 20.0. The monoisotopic (exact) mass is 88.1 g/mol. The Hall–Kier alpha value is -0.0800. The van der Waals surface area contributed by atoms with Crippen molar-refractivity contribution in [2.75, 3.05) is 0 Å². The molecule has 6 heavy (non-hydrogen) atoms. The summed E-state index contributed by atoms with van der Waals surface area (Å²) >= 11 is 0. The fourth-order valence-corrected chi connectivity index (χ4v) is 0. The lowest BCUT2D eigenvalue weighted by atomic mass is 10.2. The summed E-state index contributed by atoms with van der Waals surface area (Å²) in [7, 11) is 0. The number of aliphatic hydroxyl groups excluding tert-OH is 1. The Morgan fingerprint density at radius 2 is 2.00 bits per heavy atom. The number of hydrogen-bond acceptors (Lipinski definition) is 2. The quantitative estimate of drug-likeness (QED) is 0.455. The van der Waals surface area contributed by atoms with Crippen LogP contribution in [0.25, 0.3) is 0 Å². The first kappa shape index (κ1) is 5.92. The molecule has 0 rings (SSSR count). The number of aliphatic hydroxyl groups is 1. The second-order valence-corrected chi connectivity index (χ2v) is 1.43. The molecule has 0 spiro atoms. The highest BCUT2D eigenvalue weighted by Gasteiger charge is 1.98. The molecule has 2 unspecified atom stereocenters. The van der Waals surface area contributed by atoms with E-state index in [0.29, 0.717) is 0 Å². The second-order valence-electron chi connectivity index (χ2n) is 1.43. The minimum absolute atomic E-state index is 0.204. The molecule has 0 aromatic rings. The molecule has 0 amide bonds. The molecule has 0 aromatic carbocycles. The van der Waals surface area contributed by atoms with Crippen molar-refractivity contribution in [3.8, 4) is 0 Å². The summed E-state index contributed by atoms with van der Waals surface area (Å²) in [5, 5.41) is 8.39. The SMILES string of the molecule is [CH2]C(O)C(C)N. The zero-order valence-electron chi connectivity index (χ0n) is 3.89. The predicted molar refractivity (Wildman–Crippen MR) is 25.0 cm³/mol. The van der Waals surface area contributed by atoms with Crippen LogP contribution in [0.1, 0.15) is 6.92 Å². The molecule has 0 aliphatic carbocycles. The van der Waals surface area contributed by atoms with Gasteiger partial charge in [0.05, 0.1) is 6.10 Å². The Morgan fingerprint density at radius 1 is 1.83 bits per heavy atom. The Balaban J connectivity index is 2.99. The molecule has 0 heterocycles. The van der Waals surface area contributed by atoms with Gasteiger partial charge >= 0.3 is 0 Å². The summed E-state index contributed by atoms with van der Waals surface area (Å²) in [4.78, 5) is 0. The van der Waals surface area contributed by atoms with Gasteiger partial charge in [0.2, 0.25) is 0 Å². The van der Waals surface area contributed by atoms with Gasteiger partial charge in [0.15, 0.2) is 0 Å². The maximum atomic E-state index is 8.39. The summed E-state index contributed by atoms with van der Waals surface area (Å²) in [6.07, 6.45) is -0.620. The molecule has 2 nitrogen and oxygen atoms in total. The van der Waals surface area contributed by atoms with Crippen LogP contribution in [-0.4, -0.2) is 17.3 Å². The molecule has 0 aromatic heterocycles. The van der Waals surface area contributed by atoms with E-state index in [2.05, 4.69) is 6.92 Å². The lowest BCUT2D eigenvalue weighted by molar-refractivity contribution is 0.196. The first-order chi connectivity index (χ1) is 2.64.